The van der Waals surface area contributed by atoms with Crippen molar-refractivity contribution in [2.24, 2.45) is 10.8 Å². The summed E-state index contributed by atoms with van der Waals surface area (Å²) in [6.45, 7) is -0.167. The molecule has 2 bridgehead atoms. The molecule has 2 aliphatic rings. The van der Waals surface area contributed by atoms with Crippen molar-refractivity contribution >= 4 is 54.8 Å². The molecule has 0 amide bonds. The summed E-state index contributed by atoms with van der Waals surface area (Å²) in [7, 11) is 2.50. The number of ether oxygens (including phenoxy) is 3. The van der Waals surface area contributed by atoms with Crippen LogP contribution in [0, 0.1) is 10.8 Å². The van der Waals surface area contributed by atoms with Crippen LogP contribution in [0.2, 0.25) is 4.31 Å². The summed E-state index contributed by atoms with van der Waals surface area (Å²) < 4.78 is 15.4. The third-order valence-electron chi connectivity index (χ3n) is 7.66. The second kappa shape index (κ2) is 10.3. The van der Waals surface area contributed by atoms with Crippen LogP contribution in [0.15, 0.2) is 91.0 Å². The monoisotopic (exact) mass is 590 g/mol. The summed E-state index contributed by atoms with van der Waals surface area (Å²) in [4.78, 5) is 54.6. The number of fused-ring (bicyclic) bond motifs is 2. The van der Waals surface area contributed by atoms with Gasteiger partial charge in [-0.25, -0.2) is 0 Å². The number of hydrogen-bond acceptors (Lipinski definition) is 7. The Balaban J connectivity index is 1.96. The number of rotatable bonds is 9. The van der Waals surface area contributed by atoms with Crippen LogP contribution in [0.25, 0.3) is 11.1 Å². The van der Waals surface area contributed by atoms with E-state index in [1.807, 2.05) is 91.0 Å². The van der Waals surface area contributed by atoms with Crippen molar-refractivity contribution in [3.63, 3.8) is 0 Å². The molecule has 3 aromatic carbocycles. The average molecular weight is 590 g/mol. The van der Waals surface area contributed by atoms with Crippen molar-refractivity contribution in [3.8, 4) is 0 Å². The third kappa shape index (κ3) is 3.70. The molecule has 0 heterocycles. The summed E-state index contributed by atoms with van der Waals surface area (Å²) in [5, 5.41) is 0. The van der Waals surface area contributed by atoms with Gasteiger partial charge in [0, 0.05) is 0 Å². The average Bonchev–Trinajstić information content (AvgIpc) is 3.34. The Kier molecular flexibility index (Phi) is 7.01. The minimum absolute atomic E-state index is 0.171. The number of esters is 2. The van der Waals surface area contributed by atoms with E-state index < -0.39 is 54.4 Å². The van der Waals surface area contributed by atoms with Gasteiger partial charge in [-0.15, -0.1) is 0 Å². The van der Waals surface area contributed by atoms with E-state index in [0.29, 0.717) is 22.3 Å². The molecule has 0 spiro atoms. The molecule has 3 unspecified atom stereocenters. The number of ketones is 1. The molecule has 2 aliphatic carbocycles. The van der Waals surface area contributed by atoms with Crippen molar-refractivity contribution in [2.45, 2.75) is 10.7 Å². The molecule has 1 fully saturated rings. The van der Waals surface area contributed by atoms with Crippen LogP contribution < -0.4 is 4.46 Å². The summed E-state index contributed by atoms with van der Waals surface area (Å²) in [6, 6.07) is 27.6. The van der Waals surface area contributed by atoms with Crippen LogP contribution in [0.3, 0.4) is 0 Å². The number of carbonyl (C=O) groups is 4. The second-order valence-electron chi connectivity index (χ2n) is 9.43. The quantitative estimate of drug-likeness (QED) is 0.124. The SMILES string of the molecule is COC(=O)C12CC([Se]c3ccccc3)(C(=O)OC)C(COC=O)(C1=O)C(c1ccccc1)=C2c1ccccc1. The van der Waals surface area contributed by atoms with Crippen LogP contribution in [0.1, 0.15) is 17.5 Å². The zero-order chi connectivity index (χ0) is 27.7. The van der Waals surface area contributed by atoms with Crippen LogP contribution >= 0.6 is 0 Å². The minimum atomic E-state index is -1.82. The maximum atomic E-state index is 15.0. The fourth-order valence-corrected chi connectivity index (χ4v) is 9.52. The molecule has 5 rings (SSSR count). The van der Waals surface area contributed by atoms with Gasteiger partial charge in [0.05, 0.1) is 0 Å². The molecule has 1 saturated carbocycles. The maximum absolute atomic E-state index is 15.0. The first-order valence-electron chi connectivity index (χ1n) is 12.3. The predicted molar refractivity (Wildman–Crippen MR) is 145 cm³/mol. The van der Waals surface area contributed by atoms with Crippen molar-refractivity contribution < 1.29 is 33.4 Å². The first kappa shape index (κ1) is 26.6. The van der Waals surface area contributed by atoms with E-state index >= 15 is 0 Å². The van der Waals surface area contributed by atoms with E-state index in [0.717, 1.165) is 4.46 Å². The second-order valence-corrected chi connectivity index (χ2v) is 12.3. The van der Waals surface area contributed by atoms with Gasteiger partial charge in [-0.05, 0) is 0 Å². The zero-order valence-corrected chi connectivity index (χ0v) is 23.1. The first-order chi connectivity index (χ1) is 18.9. The number of carbonyl (C=O) groups excluding carboxylic acids is 4. The fraction of sp³-hybridized carbons (Fsp3) is 0.226. The molecule has 0 aliphatic heterocycles. The summed E-state index contributed by atoms with van der Waals surface area (Å²) in [5.74, 6) is -1.92. The van der Waals surface area contributed by atoms with Crippen LogP contribution in [0.5, 0.6) is 0 Å². The first-order valence-corrected chi connectivity index (χ1v) is 14.0. The molecule has 7 nitrogen and oxygen atoms in total. The van der Waals surface area contributed by atoms with E-state index in [2.05, 4.69) is 0 Å². The van der Waals surface area contributed by atoms with Crippen molar-refractivity contribution in [1.29, 1.82) is 0 Å². The van der Waals surface area contributed by atoms with E-state index in [-0.39, 0.29) is 12.9 Å². The Bertz CT molecular complexity index is 1450. The molecular formula is C31H26O7Se. The van der Waals surface area contributed by atoms with Gasteiger partial charge in [0.2, 0.25) is 0 Å². The predicted octanol–water partition coefficient (Wildman–Crippen LogP) is 3.26. The van der Waals surface area contributed by atoms with Gasteiger partial charge in [-0.3, -0.25) is 0 Å². The number of Topliss-reactive ketones (excluding diaryl/α,β-unsaturated/α-hetero) is 1. The Morgan fingerprint density at radius 1 is 0.795 bits per heavy atom. The molecule has 0 saturated heterocycles. The molecule has 3 atom stereocenters. The molecule has 0 aromatic heterocycles. The standard InChI is InChI=1S/C31H26O7Se/c1-36-27(34)29-18-31(28(35)37-2,39-23-16-10-5-11-17-23)30(26(29)33,19-38-20-32)25(22-14-8-4-9-15-22)24(29)21-12-6-3-7-13-21/h3-17,20H,18-19H2,1-2H3. The summed E-state index contributed by atoms with van der Waals surface area (Å²) >= 11 is -0.721. The Morgan fingerprint density at radius 2 is 1.31 bits per heavy atom. The van der Waals surface area contributed by atoms with E-state index in [1.54, 1.807) is 0 Å². The topological polar surface area (TPSA) is 96.0 Å². The number of benzene rings is 3. The Hall–Kier alpha value is -4.00. The molecule has 198 valence electrons. The molecule has 39 heavy (non-hydrogen) atoms. The van der Waals surface area contributed by atoms with E-state index in [1.165, 1.54) is 14.2 Å². The van der Waals surface area contributed by atoms with Gasteiger partial charge < -0.3 is 0 Å². The Labute approximate surface area is 232 Å². The van der Waals surface area contributed by atoms with Crippen LogP contribution in [0.4, 0.5) is 0 Å². The molecule has 0 radical (unpaired) electrons. The third-order valence-corrected chi connectivity index (χ3v) is 10.8. The van der Waals surface area contributed by atoms with Crippen molar-refractivity contribution in [1.82, 2.24) is 0 Å². The van der Waals surface area contributed by atoms with Gasteiger partial charge in [-0.2, -0.15) is 0 Å². The van der Waals surface area contributed by atoms with Crippen LogP contribution in [-0.2, 0) is 33.4 Å². The number of hydrogen-bond donors (Lipinski definition) is 0. The van der Waals surface area contributed by atoms with Gasteiger partial charge in [0.25, 0.3) is 0 Å². The van der Waals surface area contributed by atoms with Gasteiger partial charge in [0.1, 0.15) is 0 Å². The van der Waals surface area contributed by atoms with Gasteiger partial charge in [0.15, 0.2) is 0 Å². The van der Waals surface area contributed by atoms with E-state index in [4.69, 9.17) is 14.2 Å². The van der Waals surface area contributed by atoms with Crippen LogP contribution in [-0.4, -0.2) is 60.0 Å². The van der Waals surface area contributed by atoms with Gasteiger partial charge in [-0.1, -0.05) is 0 Å². The summed E-state index contributed by atoms with van der Waals surface area (Å²) in [5.41, 5.74) is -1.31. The molecule has 3 aromatic rings. The normalized spacial score (nSPS) is 25.3. The molecular weight excluding hydrogens is 563 g/mol. The van der Waals surface area contributed by atoms with Crippen molar-refractivity contribution in [3.05, 3.63) is 102 Å². The molecule has 8 heteroatoms. The summed E-state index contributed by atoms with van der Waals surface area (Å²) in [6.07, 6.45) is -0.171. The molecule has 0 N–H and O–H groups in total. The Morgan fingerprint density at radius 3 is 1.82 bits per heavy atom. The van der Waals surface area contributed by atoms with E-state index in [9.17, 15) is 19.2 Å². The fourth-order valence-electron chi connectivity index (χ4n) is 6.21. The number of methoxy groups -OCH3 is 2. The van der Waals surface area contributed by atoms with Crippen molar-refractivity contribution in [2.75, 3.05) is 20.8 Å². The van der Waals surface area contributed by atoms with Gasteiger partial charge >= 0.3 is 233 Å². The zero-order valence-electron chi connectivity index (χ0n) is 21.4.